The van der Waals surface area contributed by atoms with Gasteiger partial charge in [0.15, 0.2) is 0 Å². The number of rotatable bonds is 3. The van der Waals surface area contributed by atoms with E-state index in [0.717, 1.165) is 21.4 Å². The Balaban J connectivity index is 2.11. The first-order chi connectivity index (χ1) is 10.2. The van der Waals surface area contributed by atoms with E-state index in [-0.39, 0.29) is 0 Å². The van der Waals surface area contributed by atoms with Gasteiger partial charge in [-0.3, -0.25) is 29.1 Å². The summed E-state index contributed by atoms with van der Waals surface area (Å²) < 4.78 is 38.6. The lowest BCUT2D eigenvalue weighted by molar-refractivity contribution is -0.144. The minimum Gasteiger partial charge on any atom is -0.292 e. The quantitative estimate of drug-likeness (QED) is 0.778. The Morgan fingerprint density at radius 3 is 2.68 bits per heavy atom. The number of aromatic amines is 1. The van der Waals surface area contributed by atoms with Crippen LogP contribution in [0.15, 0.2) is 21.9 Å². The number of halogens is 3. The SMILES string of the molecule is Cn1c(=O)ccn(CC(=O)Nc2n[nH]c(C(F)(F)F)n2)c1=O. The first kappa shape index (κ1) is 15.5. The van der Waals surface area contributed by atoms with Gasteiger partial charge in [-0.1, -0.05) is 0 Å². The molecule has 0 spiro atoms. The van der Waals surface area contributed by atoms with Gasteiger partial charge in [-0.15, -0.1) is 5.10 Å². The van der Waals surface area contributed by atoms with Crippen molar-refractivity contribution in [2.24, 2.45) is 7.05 Å². The van der Waals surface area contributed by atoms with E-state index < -0.39 is 41.6 Å². The van der Waals surface area contributed by atoms with Crippen LogP contribution in [-0.2, 0) is 24.6 Å². The summed E-state index contributed by atoms with van der Waals surface area (Å²) >= 11 is 0. The van der Waals surface area contributed by atoms with E-state index in [0.29, 0.717) is 0 Å². The van der Waals surface area contributed by atoms with Crippen molar-refractivity contribution < 1.29 is 18.0 Å². The fourth-order valence-electron chi connectivity index (χ4n) is 1.50. The van der Waals surface area contributed by atoms with Gasteiger partial charge in [0, 0.05) is 19.3 Å². The van der Waals surface area contributed by atoms with E-state index in [1.165, 1.54) is 7.05 Å². The van der Waals surface area contributed by atoms with Crippen LogP contribution in [-0.4, -0.2) is 30.2 Å². The van der Waals surface area contributed by atoms with Crippen molar-refractivity contribution >= 4 is 11.9 Å². The molecule has 0 atom stereocenters. The standard InChI is InChI=1S/C10H9F3N6O3/c1-18-6(21)2-3-19(9(18)22)4-5(20)14-8-15-7(16-17-8)10(11,12)13/h2-3H,4H2,1H3,(H2,14,15,16,17,20). The Morgan fingerprint density at radius 2 is 2.09 bits per heavy atom. The number of nitrogens with zero attached hydrogens (tertiary/aromatic N) is 4. The largest absolute Gasteiger partial charge is 0.451 e. The van der Waals surface area contributed by atoms with Crippen LogP contribution in [0.5, 0.6) is 0 Å². The van der Waals surface area contributed by atoms with Crippen molar-refractivity contribution in [1.82, 2.24) is 24.3 Å². The minimum absolute atomic E-state index is 0.511. The molecule has 0 fully saturated rings. The molecule has 0 saturated carbocycles. The van der Waals surface area contributed by atoms with Crippen LogP contribution in [0.25, 0.3) is 0 Å². The third kappa shape index (κ3) is 3.21. The van der Waals surface area contributed by atoms with Crippen LogP contribution >= 0.6 is 0 Å². The lowest BCUT2D eigenvalue weighted by Gasteiger charge is -2.06. The topological polar surface area (TPSA) is 115 Å². The molecule has 0 radical (unpaired) electrons. The van der Waals surface area contributed by atoms with Gasteiger partial charge in [-0.2, -0.15) is 18.2 Å². The van der Waals surface area contributed by atoms with E-state index in [9.17, 15) is 27.6 Å². The van der Waals surface area contributed by atoms with Gasteiger partial charge in [0.05, 0.1) is 0 Å². The lowest BCUT2D eigenvalue weighted by atomic mass is 10.5. The van der Waals surface area contributed by atoms with Gasteiger partial charge in [-0.25, -0.2) is 4.79 Å². The second-order valence-electron chi connectivity index (χ2n) is 4.18. The molecule has 0 aliphatic rings. The predicted molar refractivity (Wildman–Crippen MR) is 66.0 cm³/mol. The Kier molecular flexibility index (Phi) is 3.84. The number of anilines is 1. The fraction of sp³-hybridized carbons (Fsp3) is 0.300. The minimum atomic E-state index is -4.72. The number of hydrogen-bond donors (Lipinski definition) is 2. The molecule has 2 N–H and O–H groups in total. The van der Waals surface area contributed by atoms with Crippen molar-refractivity contribution in [1.29, 1.82) is 0 Å². The summed E-state index contributed by atoms with van der Waals surface area (Å²) in [6.07, 6.45) is -3.62. The molecule has 22 heavy (non-hydrogen) atoms. The highest BCUT2D eigenvalue weighted by atomic mass is 19.4. The van der Waals surface area contributed by atoms with Gasteiger partial charge in [-0.05, 0) is 0 Å². The highest BCUT2D eigenvalue weighted by Crippen LogP contribution is 2.26. The summed E-state index contributed by atoms with van der Waals surface area (Å²) in [5, 5.41) is 6.82. The first-order valence-corrected chi connectivity index (χ1v) is 5.74. The number of alkyl halides is 3. The summed E-state index contributed by atoms with van der Waals surface area (Å²) in [6, 6.07) is 1.07. The monoisotopic (exact) mass is 318 g/mol. The van der Waals surface area contributed by atoms with E-state index in [1.54, 1.807) is 5.10 Å². The Morgan fingerprint density at radius 1 is 1.41 bits per heavy atom. The molecule has 0 bridgehead atoms. The first-order valence-electron chi connectivity index (χ1n) is 5.74. The van der Waals surface area contributed by atoms with Gasteiger partial charge in [0.25, 0.3) is 5.56 Å². The molecular formula is C10H9F3N6O3. The number of amides is 1. The molecule has 0 aromatic carbocycles. The van der Waals surface area contributed by atoms with E-state index in [1.807, 2.05) is 5.32 Å². The van der Waals surface area contributed by atoms with Gasteiger partial charge in [0.2, 0.25) is 17.7 Å². The number of H-pyrrole nitrogens is 1. The van der Waals surface area contributed by atoms with Crippen LogP contribution in [0.3, 0.4) is 0 Å². The Hall–Kier alpha value is -2.92. The molecule has 2 aromatic rings. The number of aromatic nitrogens is 5. The molecule has 1 amide bonds. The number of carbonyl (C=O) groups is 1. The third-order valence-corrected chi connectivity index (χ3v) is 2.58. The second kappa shape index (κ2) is 5.46. The third-order valence-electron chi connectivity index (χ3n) is 2.58. The molecule has 9 nitrogen and oxygen atoms in total. The zero-order chi connectivity index (χ0) is 16.5. The summed E-state index contributed by atoms with van der Waals surface area (Å²) in [4.78, 5) is 37.6. The van der Waals surface area contributed by atoms with Crippen LogP contribution in [0.2, 0.25) is 0 Å². The molecule has 118 valence electrons. The normalized spacial score (nSPS) is 11.5. The average molecular weight is 318 g/mol. The number of nitrogens with one attached hydrogen (secondary N) is 2. The Labute approximate surface area is 119 Å². The molecule has 2 aromatic heterocycles. The van der Waals surface area contributed by atoms with Crippen molar-refractivity contribution in [2.45, 2.75) is 12.7 Å². The van der Waals surface area contributed by atoms with Crippen LogP contribution in [0, 0.1) is 0 Å². The Bertz CT molecular complexity index is 818. The van der Waals surface area contributed by atoms with Gasteiger partial charge in [0.1, 0.15) is 6.54 Å². The second-order valence-corrected chi connectivity index (χ2v) is 4.18. The maximum absolute atomic E-state index is 12.3. The molecule has 0 aliphatic heterocycles. The molecule has 0 saturated heterocycles. The molecule has 0 unspecified atom stereocenters. The summed E-state index contributed by atoms with van der Waals surface area (Å²) in [5.41, 5.74) is -1.29. The smallest absolute Gasteiger partial charge is 0.292 e. The maximum Gasteiger partial charge on any atom is 0.451 e. The van der Waals surface area contributed by atoms with Crippen LogP contribution in [0.1, 0.15) is 5.82 Å². The average Bonchev–Trinajstić information content (AvgIpc) is 2.88. The zero-order valence-electron chi connectivity index (χ0n) is 11.0. The fourth-order valence-corrected chi connectivity index (χ4v) is 1.50. The molecule has 12 heteroatoms. The highest BCUT2D eigenvalue weighted by Gasteiger charge is 2.35. The van der Waals surface area contributed by atoms with Crippen LogP contribution in [0.4, 0.5) is 19.1 Å². The van der Waals surface area contributed by atoms with Crippen molar-refractivity contribution in [3.8, 4) is 0 Å². The van der Waals surface area contributed by atoms with Crippen molar-refractivity contribution in [3.63, 3.8) is 0 Å². The molecule has 2 rings (SSSR count). The highest BCUT2D eigenvalue weighted by molar-refractivity contribution is 5.88. The molecule has 2 heterocycles. The van der Waals surface area contributed by atoms with Crippen molar-refractivity contribution in [2.75, 3.05) is 5.32 Å². The van der Waals surface area contributed by atoms with E-state index in [2.05, 4.69) is 10.1 Å². The van der Waals surface area contributed by atoms with Crippen LogP contribution < -0.4 is 16.6 Å². The summed E-state index contributed by atoms with van der Waals surface area (Å²) in [7, 11) is 1.23. The van der Waals surface area contributed by atoms with Crippen molar-refractivity contribution in [3.05, 3.63) is 38.9 Å². The molecule has 0 aliphatic carbocycles. The maximum atomic E-state index is 12.3. The van der Waals surface area contributed by atoms with E-state index in [4.69, 9.17) is 0 Å². The molecular weight excluding hydrogens is 309 g/mol. The summed E-state index contributed by atoms with van der Waals surface area (Å²) in [5.74, 6) is -2.76. The number of carbonyl (C=O) groups excluding carboxylic acids is 1. The number of hydrogen-bond acceptors (Lipinski definition) is 5. The van der Waals surface area contributed by atoms with Gasteiger partial charge < -0.3 is 0 Å². The van der Waals surface area contributed by atoms with Gasteiger partial charge >= 0.3 is 11.9 Å². The predicted octanol–water partition coefficient (Wildman–Crippen LogP) is -0.677. The zero-order valence-corrected chi connectivity index (χ0v) is 11.0. The lowest BCUT2D eigenvalue weighted by Crippen LogP contribution is -2.39. The van der Waals surface area contributed by atoms with E-state index >= 15 is 0 Å². The summed E-state index contributed by atoms with van der Waals surface area (Å²) in [6.45, 7) is -0.511.